The summed E-state index contributed by atoms with van der Waals surface area (Å²) in [6.45, 7) is 1.76. The number of benzene rings is 2. The number of aromatic nitrogens is 1. The van der Waals surface area contributed by atoms with Crippen LogP contribution in [-0.4, -0.2) is 36.4 Å². The first-order valence-corrected chi connectivity index (χ1v) is 13.5. The van der Waals surface area contributed by atoms with E-state index in [0.29, 0.717) is 29.2 Å². The number of primary amides is 1. The zero-order valence-electron chi connectivity index (χ0n) is 21.6. The Kier molecular flexibility index (Phi) is 7.99. The molecule has 1 saturated heterocycles. The molecule has 0 unspecified atom stereocenters. The molecule has 2 fully saturated rings. The molecule has 2 aliphatic rings. The highest BCUT2D eigenvalue weighted by molar-refractivity contribution is 5.93. The summed E-state index contributed by atoms with van der Waals surface area (Å²) < 4.78 is 47.5. The van der Waals surface area contributed by atoms with E-state index >= 15 is 0 Å². The summed E-state index contributed by atoms with van der Waals surface area (Å²) >= 11 is 0. The normalized spacial score (nSPS) is 21.9. The zero-order valence-corrected chi connectivity index (χ0v) is 21.6. The number of halogens is 3. The van der Waals surface area contributed by atoms with Crippen LogP contribution in [0.15, 0.2) is 59.1 Å². The van der Waals surface area contributed by atoms with Crippen molar-refractivity contribution in [1.29, 1.82) is 0 Å². The number of hydrogen-bond donors (Lipinski definition) is 2. The maximum atomic E-state index is 12.5. The second kappa shape index (κ2) is 11.6. The molecule has 39 heavy (non-hydrogen) atoms. The summed E-state index contributed by atoms with van der Waals surface area (Å²) in [6, 6.07) is 13.9. The lowest BCUT2D eigenvalue weighted by molar-refractivity contribution is -0.274. The second-order valence-electron chi connectivity index (χ2n) is 10.5. The molecule has 3 aromatic rings. The van der Waals surface area contributed by atoms with Crippen molar-refractivity contribution in [2.45, 2.75) is 57.3 Å². The minimum Gasteiger partial charge on any atom is -0.424 e. The lowest BCUT2D eigenvalue weighted by Crippen LogP contribution is -2.39. The quantitative estimate of drug-likeness (QED) is 0.332. The molecular formula is C29H33F3N4O3. The SMILES string of the molecule is NC(=O)c1cccc(-c2cnc(N[C@@H]3CCCC[C@H]3C[C@H]3CCCN(c4ccc(OC(F)(F)F)cc4)C3)o2)c1. The number of nitrogens with one attached hydrogen (secondary N) is 1. The summed E-state index contributed by atoms with van der Waals surface area (Å²) in [5.41, 5.74) is 7.48. The summed E-state index contributed by atoms with van der Waals surface area (Å²) in [7, 11) is 0. The van der Waals surface area contributed by atoms with Crippen molar-refractivity contribution in [2.75, 3.05) is 23.3 Å². The van der Waals surface area contributed by atoms with Crippen LogP contribution in [0.2, 0.25) is 0 Å². The van der Waals surface area contributed by atoms with Gasteiger partial charge < -0.3 is 25.1 Å². The molecule has 2 heterocycles. The van der Waals surface area contributed by atoms with Crippen LogP contribution in [0.3, 0.4) is 0 Å². The Morgan fingerprint density at radius 2 is 1.90 bits per heavy atom. The molecule has 5 rings (SSSR count). The standard InChI is InChI=1S/C29H33F3N4O3/c30-29(31,32)39-24-12-10-23(11-13-24)36-14-4-5-19(18-36)15-20-6-1-2-9-25(20)35-28-34-17-26(38-28)21-7-3-8-22(16-21)27(33)37/h3,7-8,10-13,16-17,19-20,25H,1-2,4-6,9,14-15,18H2,(H2,33,37)(H,34,35)/t19-,20+,25-/m1/s1. The lowest BCUT2D eigenvalue weighted by Gasteiger charge is -2.39. The molecule has 0 bridgehead atoms. The van der Waals surface area contributed by atoms with E-state index in [9.17, 15) is 18.0 Å². The van der Waals surface area contributed by atoms with Crippen molar-refractivity contribution in [3.8, 4) is 17.1 Å². The second-order valence-corrected chi connectivity index (χ2v) is 10.5. The molecule has 3 N–H and O–H groups in total. The number of carbonyl (C=O) groups excluding carboxylic acids is 1. The number of piperidine rings is 1. The number of carbonyl (C=O) groups is 1. The van der Waals surface area contributed by atoms with Crippen LogP contribution in [0.4, 0.5) is 24.9 Å². The number of anilines is 2. The first kappa shape index (κ1) is 26.9. The third-order valence-corrected chi connectivity index (χ3v) is 7.75. The molecule has 1 amide bonds. The third kappa shape index (κ3) is 7.04. The van der Waals surface area contributed by atoms with E-state index in [1.807, 2.05) is 6.07 Å². The minimum atomic E-state index is -4.69. The van der Waals surface area contributed by atoms with Crippen LogP contribution in [0.25, 0.3) is 11.3 Å². The maximum Gasteiger partial charge on any atom is 0.573 e. The summed E-state index contributed by atoms with van der Waals surface area (Å²) in [5.74, 6) is 0.843. The van der Waals surface area contributed by atoms with Gasteiger partial charge in [-0.05, 0) is 80.3 Å². The summed E-state index contributed by atoms with van der Waals surface area (Å²) in [4.78, 5) is 18.2. The highest BCUT2D eigenvalue weighted by Gasteiger charge is 2.32. The maximum absolute atomic E-state index is 12.5. The molecule has 1 saturated carbocycles. The molecule has 3 atom stereocenters. The molecule has 10 heteroatoms. The van der Waals surface area contributed by atoms with Crippen molar-refractivity contribution >= 4 is 17.6 Å². The molecule has 1 aromatic heterocycles. The Hall–Kier alpha value is -3.69. The average Bonchev–Trinajstić information content (AvgIpc) is 3.38. The van der Waals surface area contributed by atoms with Gasteiger partial charge in [0.15, 0.2) is 5.76 Å². The lowest BCUT2D eigenvalue weighted by atomic mass is 9.77. The van der Waals surface area contributed by atoms with E-state index in [1.165, 1.54) is 18.6 Å². The third-order valence-electron chi connectivity index (χ3n) is 7.75. The van der Waals surface area contributed by atoms with Crippen molar-refractivity contribution in [3.05, 3.63) is 60.3 Å². The summed E-state index contributed by atoms with van der Waals surface area (Å²) in [5, 5.41) is 3.53. The van der Waals surface area contributed by atoms with Gasteiger partial charge in [-0.2, -0.15) is 0 Å². The number of hydrogen-bond acceptors (Lipinski definition) is 6. The van der Waals surface area contributed by atoms with Gasteiger partial charge in [0.05, 0.1) is 6.20 Å². The number of nitrogens with two attached hydrogens (primary N) is 1. The first-order chi connectivity index (χ1) is 18.7. The van der Waals surface area contributed by atoms with E-state index in [2.05, 4.69) is 19.9 Å². The van der Waals surface area contributed by atoms with Crippen molar-refractivity contribution in [3.63, 3.8) is 0 Å². The number of oxazole rings is 1. The van der Waals surface area contributed by atoms with Crippen LogP contribution in [-0.2, 0) is 0 Å². The van der Waals surface area contributed by atoms with E-state index in [1.54, 1.807) is 36.5 Å². The van der Waals surface area contributed by atoms with Crippen molar-refractivity contribution in [1.82, 2.24) is 4.98 Å². The fourth-order valence-corrected chi connectivity index (χ4v) is 5.92. The van der Waals surface area contributed by atoms with Crippen molar-refractivity contribution in [2.24, 2.45) is 17.6 Å². The van der Waals surface area contributed by atoms with Gasteiger partial charge in [-0.15, -0.1) is 13.2 Å². The molecule has 0 radical (unpaired) electrons. The van der Waals surface area contributed by atoms with E-state index in [-0.39, 0.29) is 11.8 Å². The van der Waals surface area contributed by atoms with Gasteiger partial charge in [0.2, 0.25) is 5.91 Å². The first-order valence-electron chi connectivity index (χ1n) is 13.5. The topological polar surface area (TPSA) is 93.6 Å². The molecule has 1 aliphatic carbocycles. The van der Waals surface area contributed by atoms with E-state index < -0.39 is 12.3 Å². The molecular weight excluding hydrogens is 509 g/mol. The smallest absolute Gasteiger partial charge is 0.424 e. The van der Waals surface area contributed by atoms with Crippen LogP contribution in [0.5, 0.6) is 5.75 Å². The zero-order chi connectivity index (χ0) is 27.4. The van der Waals surface area contributed by atoms with Crippen LogP contribution >= 0.6 is 0 Å². The van der Waals surface area contributed by atoms with Gasteiger partial charge in [0.25, 0.3) is 6.01 Å². The predicted octanol–water partition coefficient (Wildman–Crippen LogP) is 6.62. The average molecular weight is 543 g/mol. The molecule has 2 aromatic carbocycles. The Morgan fingerprint density at radius 3 is 2.67 bits per heavy atom. The highest BCUT2D eigenvalue weighted by atomic mass is 19.4. The Labute approximate surface area is 225 Å². The fourth-order valence-electron chi connectivity index (χ4n) is 5.92. The fraction of sp³-hybridized carbons (Fsp3) is 0.448. The Bertz CT molecular complexity index is 1260. The Balaban J connectivity index is 1.20. The number of amides is 1. The van der Waals surface area contributed by atoms with Gasteiger partial charge in [0.1, 0.15) is 5.75 Å². The number of rotatable bonds is 8. The predicted molar refractivity (Wildman–Crippen MR) is 143 cm³/mol. The molecule has 1 aliphatic heterocycles. The largest absolute Gasteiger partial charge is 0.573 e. The van der Waals surface area contributed by atoms with Crippen molar-refractivity contribution < 1.29 is 27.1 Å². The van der Waals surface area contributed by atoms with E-state index in [4.69, 9.17) is 10.2 Å². The number of ether oxygens (including phenoxy) is 1. The van der Waals surface area contributed by atoms with Gasteiger partial charge in [-0.25, -0.2) is 4.98 Å². The number of alkyl halides is 3. The molecule has 0 spiro atoms. The Morgan fingerprint density at radius 1 is 1.10 bits per heavy atom. The van der Waals surface area contributed by atoms with Gasteiger partial charge in [-0.3, -0.25) is 4.79 Å². The monoisotopic (exact) mass is 542 g/mol. The minimum absolute atomic E-state index is 0.203. The van der Waals surface area contributed by atoms with Gasteiger partial charge >= 0.3 is 6.36 Å². The highest BCUT2D eigenvalue weighted by Crippen LogP contribution is 2.36. The van der Waals surface area contributed by atoms with Crippen LogP contribution < -0.4 is 20.7 Å². The van der Waals surface area contributed by atoms with Crippen LogP contribution in [0, 0.1) is 11.8 Å². The molecule has 208 valence electrons. The summed E-state index contributed by atoms with van der Waals surface area (Å²) in [6.07, 6.45) is 4.72. The van der Waals surface area contributed by atoms with Gasteiger partial charge in [0, 0.05) is 35.9 Å². The van der Waals surface area contributed by atoms with Gasteiger partial charge in [-0.1, -0.05) is 25.0 Å². The molecule has 7 nitrogen and oxygen atoms in total. The number of nitrogens with zero attached hydrogens (tertiary/aromatic N) is 2. The van der Waals surface area contributed by atoms with Crippen LogP contribution in [0.1, 0.15) is 55.3 Å². The van der Waals surface area contributed by atoms with E-state index in [0.717, 1.165) is 62.9 Å².